The van der Waals surface area contributed by atoms with Crippen LogP contribution < -0.4 is 4.90 Å². The molecule has 1 saturated heterocycles. The number of anilines is 1. The van der Waals surface area contributed by atoms with Gasteiger partial charge in [-0.05, 0) is 37.6 Å². The van der Waals surface area contributed by atoms with Gasteiger partial charge in [0.15, 0.2) is 5.69 Å². The monoisotopic (exact) mass is 393 g/mol. The highest BCUT2D eigenvalue weighted by Gasteiger charge is 2.39. The zero-order chi connectivity index (χ0) is 20.1. The topological polar surface area (TPSA) is 56.0 Å². The maximum absolute atomic E-state index is 13.1. The summed E-state index contributed by atoms with van der Waals surface area (Å²) in [5.41, 5.74) is 0.127. The second kappa shape index (κ2) is 6.47. The lowest BCUT2D eigenvalue weighted by Gasteiger charge is -2.15. The summed E-state index contributed by atoms with van der Waals surface area (Å²) in [6, 6.07) is 4.95. The van der Waals surface area contributed by atoms with E-state index < -0.39 is 17.9 Å². The molecule has 1 fully saturated rings. The Bertz CT molecular complexity index is 1020. The quantitative estimate of drug-likeness (QED) is 0.640. The number of aromatic nitrogens is 4. The van der Waals surface area contributed by atoms with E-state index in [2.05, 4.69) is 10.1 Å². The fourth-order valence-corrected chi connectivity index (χ4v) is 3.31. The van der Waals surface area contributed by atoms with Gasteiger partial charge >= 0.3 is 6.18 Å². The van der Waals surface area contributed by atoms with E-state index in [0.717, 1.165) is 6.20 Å². The summed E-state index contributed by atoms with van der Waals surface area (Å²) in [5.74, 6) is -0.565. The summed E-state index contributed by atoms with van der Waals surface area (Å²) in [7, 11) is 0. The number of nitrogens with zero attached hydrogens (tertiary/aromatic N) is 5. The zero-order valence-electron chi connectivity index (χ0n) is 14.7. The van der Waals surface area contributed by atoms with Gasteiger partial charge in [-0.1, -0.05) is 0 Å². The lowest BCUT2D eigenvalue weighted by molar-refractivity contribution is -0.141. The fraction of sp³-hybridized carbons (Fsp3) is 0.278. The normalized spacial score (nSPS) is 17.5. The number of imidazole rings is 1. The molecule has 6 nitrogen and oxygen atoms in total. The fourth-order valence-electron chi connectivity index (χ4n) is 3.31. The highest BCUT2D eigenvalue weighted by atomic mass is 19.4. The van der Waals surface area contributed by atoms with Gasteiger partial charge in [0.05, 0.1) is 23.8 Å². The second-order valence-electron chi connectivity index (χ2n) is 6.49. The predicted octanol–water partition coefficient (Wildman–Crippen LogP) is 3.51. The van der Waals surface area contributed by atoms with Crippen molar-refractivity contribution in [1.82, 2.24) is 19.3 Å². The summed E-state index contributed by atoms with van der Waals surface area (Å²) in [6.07, 6.45) is -0.215. The number of hydrogen-bond acceptors (Lipinski definition) is 3. The molecule has 1 aromatic carbocycles. The van der Waals surface area contributed by atoms with Crippen LogP contribution in [0.1, 0.15) is 24.0 Å². The average molecular weight is 393 g/mol. The van der Waals surface area contributed by atoms with Crippen molar-refractivity contribution in [2.75, 3.05) is 11.4 Å². The Morgan fingerprint density at radius 2 is 1.82 bits per heavy atom. The zero-order valence-corrected chi connectivity index (χ0v) is 14.7. The third kappa shape index (κ3) is 3.14. The van der Waals surface area contributed by atoms with E-state index in [0.29, 0.717) is 24.3 Å². The molecule has 4 rings (SSSR count). The molecular weight excluding hydrogens is 378 g/mol. The number of carbonyl (C=O) groups excluding carboxylic acids is 1. The van der Waals surface area contributed by atoms with Gasteiger partial charge < -0.3 is 9.47 Å². The molecule has 28 heavy (non-hydrogen) atoms. The van der Waals surface area contributed by atoms with E-state index >= 15 is 0 Å². The van der Waals surface area contributed by atoms with Crippen molar-refractivity contribution in [3.63, 3.8) is 0 Å². The number of hydrogen-bond donors (Lipinski definition) is 0. The smallest absolute Gasteiger partial charge is 0.322 e. The Hall–Kier alpha value is -3.17. The highest BCUT2D eigenvalue weighted by Crippen LogP contribution is 2.33. The highest BCUT2D eigenvalue weighted by molar-refractivity contribution is 5.98. The summed E-state index contributed by atoms with van der Waals surface area (Å²) in [6.45, 7) is 1.79. The van der Waals surface area contributed by atoms with E-state index in [1.165, 1.54) is 39.4 Å². The summed E-state index contributed by atoms with van der Waals surface area (Å²) >= 11 is 0. The van der Waals surface area contributed by atoms with Gasteiger partial charge in [-0.15, -0.1) is 0 Å². The number of alkyl halides is 3. The molecule has 1 unspecified atom stereocenters. The van der Waals surface area contributed by atoms with Crippen LogP contribution in [0.4, 0.5) is 23.2 Å². The molecule has 0 N–H and O–H groups in total. The van der Waals surface area contributed by atoms with Crippen LogP contribution in [0.2, 0.25) is 0 Å². The van der Waals surface area contributed by atoms with Crippen molar-refractivity contribution >= 4 is 11.6 Å². The minimum Gasteiger partial charge on any atom is -0.322 e. The first kappa shape index (κ1) is 18.2. The third-order valence-corrected chi connectivity index (χ3v) is 4.69. The lowest BCUT2D eigenvalue weighted by Crippen LogP contribution is -2.28. The Kier molecular flexibility index (Phi) is 4.20. The Balaban J connectivity index is 1.57. The van der Waals surface area contributed by atoms with E-state index in [9.17, 15) is 22.4 Å². The van der Waals surface area contributed by atoms with Gasteiger partial charge in [-0.3, -0.25) is 4.79 Å². The average Bonchev–Trinajstić information content (AvgIpc) is 3.33. The van der Waals surface area contributed by atoms with Gasteiger partial charge in [-0.25, -0.2) is 14.1 Å². The third-order valence-electron chi connectivity index (χ3n) is 4.69. The van der Waals surface area contributed by atoms with Crippen molar-refractivity contribution < 1.29 is 22.4 Å². The van der Waals surface area contributed by atoms with E-state index in [-0.39, 0.29) is 17.5 Å². The Morgan fingerprint density at radius 3 is 2.46 bits per heavy atom. The van der Waals surface area contributed by atoms with Crippen LogP contribution in [0.15, 0.2) is 42.9 Å². The largest absolute Gasteiger partial charge is 0.434 e. The number of benzene rings is 1. The van der Waals surface area contributed by atoms with Gasteiger partial charge in [0.25, 0.3) is 0 Å². The number of halogens is 4. The van der Waals surface area contributed by atoms with Crippen LogP contribution in [0.3, 0.4) is 0 Å². The maximum atomic E-state index is 13.1. The SMILES string of the molecule is Cc1nc(C(F)(F)F)cn1C1CCN(c2cnn(-c3ccc(F)cc3)c2)C1=O. The molecular formula is C18H15F4N5O. The second-order valence-corrected chi connectivity index (χ2v) is 6.49. The van der Waals surface area contributed by atoms with Crippen LogP contribution in [-0.2, 0) is 11.0 Å². The predicted molar refractivity (Wildman–Crippen MR) is 91.5 cm³/mol. The first-order valence-electron chi connectivity index (χ1n) is 8.49. The molecule has 1 amide bonds. The van der Waals surface area contributed by atoms with Crippen LogP contribution in [0.25, 0.3) is 5.69 Å². The molecule has 10 heteroatoms. The summed E-state index contributed by atoms with van der Waals surface area (Å²) < 4.78 is 54.5. The summed E-state index contributed by atoms with van der Waals surface area (Å²) in [4.78, 5) is 17.8. The number of rotatable bonds is 3. The first-order chi connectivity index (χ1) is 13.2. The molecule has 0 saturated carbocycles. The van der Waals surface area contributed by atoms with Crippen molar-refractivity contribution in [2.24, 2.45) is 0 Å². The van der Waals surface area contributed by atoms with Crippen molar-refractivity contribution in [2.45, 2.75) is 25.6 Å². The molecule has 3 aromatic rings. The first-order valence-corrected chi connectivity index (χ1v) is 8.49. The van der Waals surface area contributed by atoms with Crippen LogP contribution in [0, 0.1) is 12.7 Å². The Morgan fingerprint density at radius 1 is 1.11 bits per heavy atom. The minimum absolute atomic E-state index is 0.134. The van der Waals surface area contributed by atoms with Gasteiger partial charge in [0.2, 0.25) is 5.91 Å². The lowest BCUT2D eigenvalue weighted by atomic mass is 10.2. The van der Waals surface area contributed by atoms with Crippen molar-refractivity contribution in [3.05, 3.63) is 60.2 Å². The minimum atomic E-state index is -4.56. The Labute approximate surface area is 157 Å². The molecule has 1 aliphatic heterocycles. The van der Waals surface area contributed by atoms with E-state index in [1.54, 1.807) is 18.3 Å². The van der Waals surface area contributed by atoms with E-state index in [1.807, 2.05) is 0 Å². The van der Waals surface area contributed by atoms with Crippen molar-refractivity contribution in [1.29, 1.82) is 0 Å². The molecule has 0 radical (unpaired) electrons. The van der Waals surface area contributed by atoms with Crippen molar-refractivity contribution in [3.8, 4) is 5.69 Å². The van der Waals surface area contributed by atoms with Gasteiger partial charge in [0.1, 0.15) is 17.7 Å². The maximum Gasteiger partial charge on any atom is 0.434 e. The molecule has 0 bridgehead atoms. The van der Waals surface area contributed by atoms with Crippen LogP contribution >= 0.6 is 0 Å². The molecule has 0 aliphatic carbocycles. The number of carbonyl (C=O) groups is 1. The summed E-state index contributed by atoms with van der Waals surface area (Å²) in [5, 5.41) is 4.18. The number of amides is 1. The van der Waals surface area contributed by atoms with E-state index in [4.69, 9.17) is 0 Å². The van der Waals surface area contributed by atoms with Crippen LogP contribution in [0.5, 0.6) is 0 Å². The standard InChI is InChI=1S/C18H15F4N5O/c1-11-24-16(18(20,21)22)10-26(11)15-6-7-25(17(15)28)14-8-23-27(9-14)13-4-2-12(19)3-5-13/h2-5,8-10,15H,6-7H2,1H3. The molecule has 1 atom stereocenters. The van der Waals surface area contributed by atoms with Gasteiger partial charge in [-0.2, -0.15) is 18.3 Å². The molecule has 3 heterocycles. The molecule has 1 aliphatic rings. The molecule has 0 spiro atoms. The molecule has 2 aromatic heterocycles. The number of aryl methyl sites for hydroxylation is 1. The molecule has 146 valence electrons. The van der Waals surface area contributed by atoms with Crippen LogP contribution in [-0.4, -0.2) is 31.8 Å². The van der Waals surface area contributed by atoms with Gasteiger partial charge in [0, 0.05) is 12.7 Å².